The molecule has 136 valence electrons. The molecule has 0 saturated heterocycles. The van der Waals surface area contributed by atoms with Crippen LogP contribution in [0.25, 0.3) is 11.5 Å². The molecule has 0 saturated carbocycles. The van der Waals surface area contributed by atoms with Crippen LogP contribution < -0.4 is 5.32 Å². The van der Waals surface area contributed by atoms with Gasteiger partial charge in [0.05, 0.1) is 5.71 Å². The van der Waals surface area contributed by atoms with Crippen LogP contribution in [0.4, 0.5) is 10.1 Å². The van der Waals surface area contributed by atoms with E-state index < -0.39 is 6.10 Å². The van der Waals surface area contributed by atoms with Gasteiger partial charge in [-0.1, -0.05) is 23.4 Å². The Kier molecular flexibility index (Phi) is 4.37. The van der Waals surface area contributed by atoms with Crippen molar-refractivity contribution in [3.8, 4) is 11.5 Å². The first-order chi connectivity index (χ1) is 13.1. The summed E-state index contributed by atoms with van der Waals surface area (Å²) in [5, 5.41) is 14.3. The molecule has 1 N–H and O–H groups in total. The third-order valence-electron chi connectivity index (χ3n) is 4.22. The molecule has 27 heavy (non-hydrogen) atoms. The average Bonchev–Trinajstić information content (AvgIpc) is 3.36. The van der Waals surface area contributed by atoms with Crippen LogP contribution in [-0.4, -0.2) is 27.9 Å². The van der Waals surface area contributed by atoms with Gasteiger partial charge in [0, 0.05) is 23.2 Å². The number of halogens is 1. The molecule has 0 radical (unpaired) electrons. The molecule has 0 spiro atoms. The van der Waals surface area contributed by atoms with E-state index >= 15 is 0 Å². The molecule has 1 aromatic heterocycles. The predicted molar refractivity (Wildman–Crippen MR) is 95.5 cm³/mol. The molecule has 0 aliphatic carbocycles. The molecule has 1 aliphatic heterocycles. The third-order valence-corrected chi connectivity index (χ3v) is 4.22. The van der Waals surface area contributed by atoms with Crippen LogP contribution in [0, 0.1) is 12.7 Å². The molecule has 4 rings (SSSR count). The van der Waals surface area contributed by atoms with Gasteiger partial charge >= 0.3 is 0 Å². The maximum absolute atomic E-state index is 13.4. The first-order valence-electron chi connectivity index (χ1n) is 8.27. The van der Waals surface area contributed by atoms with Gasteiger partial charge in [0.1, 0.15) is 5.82 Å². The summed E-state index contributed by atoms with van der Waals surface area (Å²) < 4.78 is 18.6. The topological polar surface area (TPSA) is 89.6 Å². The van der Waals surface area contributed by atoms with E-state index in [2.05, 4.69) is 20.7 Å². The Labute approximate surface area is 153 Å². The van der Waals surface area contributed by atoms with Crippen molar-refractivity contribution in [2.45, 2.75) is 19.4 Å². The van der Waals surface area contributed by atoms with Gasteiger partial charge in [-0.15, -0.1) is 10.2 Å². The second-order valence-corrected chi connectivity index (χ2v) is 6.11. The van der Waals surface area contributed by atoms with Crippen molar-refractivity contribution in [1.29, 1.82) is 0 Å². The van der Waals surface area contributed by atoms with Crippen LogP contribution in [0.2, 0.25) is 0 Å². The van der Waals surface area contributed by atoms with Gasteiger partial charge in [-0.3, -0.25) is 4.79 Å². The van der Waals surface area contributed by atoms with Gasteiger partial charge in [0.2, 0.25) is 18.4 Å². The number of aryl methyl sites for hydroxylation is 1. The van der Waals surface area contributed by atoms with Crippen LogP contribution in [-0.2, 0) is 9.63 Å². The summed E-state index contributed by atoms with van der Waals surface area (Å²) in [6.45, 7) is 1.87. The number of hydrogen-bond acceptors (Lipinski definition) is 6. The second-order valence-electron chi connectivity index (χ2n) is 6.11. The number of nitrogens with one attached hydrogen (secondary N) is 1. The highest BCUT2D eigenvalue weighted by Crippen LogP contribution is 2.25. The van der Waals surface area contributed by atoms with Gasteiger partial charge in [-0.2, -0.15) is 0 Å². The normalized spacial score (nSPS) is 15.9. The Bertz CT molecular complexity index is 1020. The van der Waals surface area contributed by atoms with Crippen molar-refractivity contribution < 1.29 is 18.4 Å². The lowest BCUT2D eigenvalue weighted by Gasteiger charge is -2.12. The summed E-state index contributed by atoms with van der Waals surface area (Å²) in [5.74, 6) is -0.341. The number of oxime groups is 1. The molecule has 1 unspecified atom stereocenters. The Hall–Kier alpha value is -3.55. The highest BCUT2D eigenvalue weighted by molar-refractivity contribution is 6.06. The van der Waals surface area contributed by atoms with E-state index in [1.54, 1.807) is 18.2 Å². The minimum atomic E-state index is -0.783. The van der Waals surface area contributed by atoms with Crippen molar-refractivity contribution >= 4 is 17.3 Å². The van der Waals surface area contributed by atoms with Crippen LogP contribution >= 0.6 is 0 Å². The maximum atomic E-state index is 13.4. The predicted octanol–water partition coefficient (Wildman–Crippen LogP) is 3.32. The molecule has 7 nitrogen and oxygen atoms in total. The zero-order valence-electron chi connectivity index (χ0n) is 14.3. The average molecular weight is 366 g/mol. The van der Waals surface area contributed by atoms with E-state index in [9.17, 15) is 9.18 Å². The summed E-state index contributed by atoms with van der Waals surface area (Å²) in [6, 6.07) is 11.5. The number of aromatic nitrogens is 2. The van der Waals surface area contributed by atoms with Crippen molar-refractivity contribution in [2.24, 2.45) is 5.16 Å². The van der Waals surface area contributed by atoms with Crippen LogP contribution in [0.1, 0.15) is 17.5 Å². The lowest BCUT2D eigenvalue weighted by atomic mass is 10.0. The quantitative estimate of drug-likeness (QED) is 0.765. The maximum Gasteiger partial charge on any atom is 0.268 e. The van der Waals surface area contributed by atoms with Gasteiger partial charge in [0.15, 0.2) is 0 Å². The minimum Gasteiger partial charge on any atom is -0.423 e. The summed E-state index contributed by atoms with van der Waals surface area (Å²) >= 11 is 0. The van der Waals surface area contributed by atoms with Crippen LogP contribution in [0.3, 0.4) is 0 Å². The minimum absolute atomic E-state index is 0.262. The largest absolute Gasteiger partial charge is 0.423 e. The standard InChI is InChI=1S/C19H15FN4O3/c1-11-5-6-13(19-23-21-10-26-19)8-15(11)22-18(25)17-9-16(24-27-17)12-3-2-4-14(20)7-12/h2-8,10,17H,9H2,1H3,(H,22,25). The van der Waals surface area contributed by atoms with E-state index in [1.807, 2.05) is 19.1 Å². The van der Waals surface area contributed by atoms with Crippen molar-refractivity contribution in [2.75, 3.05) is 5.32 Å². The molecule has 0 fully saturated rings. The Balaban J connectivity index is 1.47. The second kappa shape index (κ2) is 6.99. The number of benzene rings is 2. The summed E-state index contributed by atoms with van der Waals surface area (Å²) in [5.41, 5.74) is 3.30. The fraction of sp³-hybridized carbons (Fsp3) is 0.158. The number of rotatable bonds is 4. The Morgan fingerprint density at radius 3 is 2.89 bits per heavy atom. The van der Waals surface area contributed by atoms with E-state index in [0.29, 0.717) is 28.4 Å². The van der Waals surface area contributed by atoms with Gasteiger partial charge in [-0.05, 0) is 36.8 Å². The number of carbonyl (C=O) groups is 1. The fourth-order valence-electron chi connectivity index (χ4n) is 2.76. The molecule has 2 heterocycles. The van der Waals surface area contributed by atoms with Crippen LogP contribution in [0.15, 0.2) is 58.4 Å². The van der Waals surface area contributed by atoms with Gasteiger partial charge < -0.3 is 14.6 Å². The van der Waals surface area contributed by atoms with E-state index in [0.717, 1.165) is 5.56 Å². The summed E-state index contributed by atoms with van der Waals surface area (Å²) in [6.07, 6.45) is 0.720. The molecule has 3 aromatic rings. The number of amides is 1. The molecule has 8 heteroatoms. The third kappa shape index (κ3) is 3.55. The molecular weight excluding hydrogens is 351 g/mol. The van der Waals surface area contributed by atoms with E-state index in [-0.39, 0.29) is 18.1 Å². The number of carbonyl (C=O) groups excluding carboxylic acids is 1. The highest BCUT2D eigenvalue weighted by atomic mass is 19.1. The molecule has 2 aromatic carbocycles. The number of hydrogen-bond donors (Lipinski definition) is 1. The zero-order valence-corrected chi connectivity index (χ0v) is 14.3. The fourth-order valence-corrected chi connectivity index (χ4v) is 2.76. The first kappa shape index (κ1) is 16.9. The summed E-state index contributed by atoms with van der Waals surface area (Å²) in [7, 11) is 0. The van der Waals surface area contributed by atoms with Crippen molar-refractivity contribution in [3.63, 3.8) is 0 Å². The molecule has 0 bridgehead atoms. The number of nitrogens with zero attached hydrogens (tertiary/aromatic N) is 3. The smallest absolute Gasteiger partial charge is 0.268 e. The van der Waals surface area contributed by atoms with Gasteiger partial charge in [0.25, 0.3) is 5.91 Å². The monoisotopic (exact) mass is 366 g/mol. The summed E-state index contributed by atoms with van der Waals surface area (Å²) in [4.78, 5) is 17.8. The molecule has 1 amide bonds. The Morgan fingerprint density at radius 2 is 2.11 bits per heavy atom. The Morgan fingerprint density at radius 1 is 1.22 bits per heavy atom. The molecular formula is C19H15FN4O3. The SMILES string of the molecule is Cc1ccc(-c2nnco2)cc1NC(=O)C1CC(c2cccc(F)c2)=NO1. The zero-order chi connectivity index (χ0) is 18.8. The highest BCUT2D eigenvalue weighted by Gasteiger charge is 2.29. The van der Waals surface area contributed by atoms with Crippen LogP contribution in [0.5, 0.6) is 0 Å². The van der Waals surface area contributed by atoms with Crippen molar-refractivity contribution in [3.05, 3.63) is 65.8 Å². The lowest BCUT2D eigenvalue weighted by Crippen LogP contribution is -2.28. The first-order valence-corrected chi connectivity index (χ1v) is 8.27. The molecule has 1 aliphatic rings. The lowest BCUT2D eigenvalue weighted by molar-refractivity contribution is -0.125. The molecule has 1 atom stereocenters. The number of anilines is 1. The van der Waals surface area contributed by atoms with E-state index in [1.165, 1.54) is 18.5 Å². The van der Waals surface area contributed by atoms with Crippen molar-refractivity contribution in [1.82, 2.24) is 10.2 Å². The van der Waals surface area contributed by atoms with Gasteiger partial charge in [-0.25, -0.2) is 4.39 Å². The van der Waals surface area contributed by atoms with E-state index in [4.69, 9.17) is 9.25 Å².